The summed E-state index contributed by atoms with van der Waals surface area (Å²) in [4.78, 5) is 30.2. The normalized spacial score (nSPS) is 14.6. The molecule has 1 unspecified atom stereocenters. The summed E-state index contributed by atoms with van der Waals surface area (Å²) in [6, 6.07) is 18.3. The van der Waals surface area contributed by atoms with E-state index in [1.165, 1.54) is 27.4 Å². The molecule has 0 radical (unpaired) electrons. The van der Waals surface area contributed by atoms with Gasteiger partial charge in [-0.1, -0.05) is 42.5 Å². The van der Waals surface area contributed by atoms with E-state index in [-0.39, 0.29) is 24.0 Å². The third kappa shape index (κ3) is 6.88. The minimum Gasteiger partial charge on any atom is -0.494 e. The van der Waals surface area contributed by atoms with Crippen LogP contribution in [-0.4, -0.2) is 45.1 Å². The first-order valence-electron chi connectivity index (χ1n) is 12.8. The van der Waals surface area contributed by atoms with Crippen molar-refractivity contribution in [3.05, 3.63) is 89.2 Å². The van der Waals surface area contributed by atoms with Gasteiger partial charge in [-0.05, 0) is 53.8 Å². The number of nitrogens with one attached hydrogen (secondary N) is 2. The fourth-order valence-corrected chi connectivity index (χ4v) is 4.50. The lowest BCUT2D eigenvalue weighted by Crippen LogP contribution is -2.52. The van der Waals surface area contributed by atoms with Gasteiger partial charge in [0.05, 0.1) is 33.3 Å². The summed E-state index contributed by atoms with van der Waals surface area (Å²) in [5, 5.41) is 6.02. The molecular weight excluding hydrogens is 515 g/mol. The number of carbonyl (C=O) groups excluding carboxylic acids is 2. The lowest BCUT2D eigenvalue weighted by Gasteiger charge is -2.24. The third-order valence-electron chi connectivity index (χ3n) is 6.79. The predicted octanol–water partition coefficient (Wildman–Crippen LogP) is 3.24. The van der Waals surface area contributed by atoms with E-state index in [0.29, 0.717) is 36.3 Å². The van der Waals surface area contributed by atoms with Crippen molar-refractivity contribution in [1.29, 1.82) is 0 Å². The number of benzene rings is 3. The molecule has 3 aromatic rings. The second-order valence-corrected chi connectivity index (χ2v) is 9.56. The number of rotatable bonds is 11. The number of guanidine groups is 1. The van der Waals surface area contributed by atoms with E-state index in [1.54, 1.807) is 30.3 Å². The van der Waals surface area contributed by atoms with Gasteiger partial charge < -0.3 is 30.6 Å². The van der Waals surface area contributed by atoms with Crippen LogP contribution in [0.5, 0.6) is 17.2 Å². The van der Waals surface area contributed by atoms with Crippen molar-refractivity contribution in [2.75, 3.05) is 21.3 Å². The first-order chi connectivity index (χ1) is 19.3. The van der Waals surface area contributed by atoms with Crippen LogP contribution >= 0.6 is 0 Å². The second-order valence-electron chi connectivity index (χ2n) is 9.56. The molecule has 0 bridgehead atoms. The Bertz CT molecular complexity index is 1390. The molecule has 4 N–H and O–H groups in total. The highest BCUT2D eigenvalue weighted by Crippen LogP contribution is 2.46. The van der Waals surface area contributed by atoms with Crippen LogP contribution in [0.4, 0.5) is 4.39 Å². The molecule has 1 atom stereocenters. The summed E-state index contributed by atoms with van der Waals surface area (Å²) < 4.78 is 29.6. The number of nitrogens with zero attached hydrogens (tertiary/aromatic N) is 1. The van der Waals surface area contributed by atoms with Crippen LogP contribution < -0.4 is 30.6 Å². The maximum absolute atomic E-state index is 14.0. The Morgan fingerprint density at radius 3 is 2.27 bits per heavy atom. The molecule has 0 saturated heterocycles. The zero-order valence-corrected chi connectivity index (χ0v) is 22.7. The van der Waals surface area contributed by atoms with Crippen LogP contribution in [0.2, 0.25) is 0 Å². The molecule has 0 spiro atoms. The van der Waals surface area contributed by atoms with Crippen molar-refractivity contribution < 1.29 is 28.2 Å². The number of aliphatic imine (C=N–C) groups is 1. The van der Waals surface area contributed by atoms with E-state index in [9.17, 15) is 14.0 Å². The minimum atomic E-state index is -0.820. The first kappa shape index (κ1) is 28.4. The first-order valence-corrected chi connectivity index (χ1v) is 12.8. The number of hydrogen-bond acceptors (Lipinski definition) is 5. The van der Waals surface area contributed by atoms with Gasteiger partial charge in [0, 0.05) is 6.42 Å². The van der Waals surface area contributed by atoms with E-state index >= 15 is 0 Å². The zero-order chi connectivity index (χ0) is 28.7. The lowest BCUT2D eigenvalue weighted by molar-refractivity contribution is -0.124. The van der Waals surface area contributed by atoms with E-state index in [1.807, 2.05) is 30.3 Å². The minimum absolute atomic E-state index is 0.0200. The van der Waals surface area contributed by atoms with Crippen LogP contribution in [-0.2, 0) is 28.0 Å². The Morgan fingerprint density at radius 1 is 0.925 bits per heavy atom. The van der Waals surface area contributed by atoms with E-state index in [2.05, 4.69) is 15.6 Å². The van der Waals surface area contributed by atoms with Crippen molar-refractivity contribution >= 4 is 17.8 Å². The number of ether oxygens (including phenoxy) is 3. The van der Waals surface area contributed by atoms with Crippen LogP contribution in [0.1, 0.15) is 29.5 Å². The van der Waals surface area contributed by atoms with Gasteiger partial charge in [-0.3, -0.25) is 9.59 Å². The third-order valence-corrected chi connectivity index (χ3v) is 6.79. The molecule has 3 aromatic carbocycles. The summed E-state index contributed by atoms with van der Waals surface area (Å²) >= 11 is 0. The van der Waals surface area contributed by atoms with E-state index in [4.69, 9.17) is 19.9 Å². The smallest absolute Gasteiger partial charge is 0.253 e. The quantitative estimate of drug-likeness (QED) is 0.248. The van der Waals surface area contributed by atoms with Gasteiger partial charge in [-0.15, -0.1) is 0 Å². The SMILES string of the molecule is COc1cc(C2(NC(=O)C(Cc3ccccc3)NC(N)=NC(=O)Cc3ccc(OC)c(OC)c3)CC2)ccc1F. The molecule has 40 heavy (non-hydrogen) atoms. The Balaban J connectivity index is 1.49. The van der Waals surface area contributed by atoms with Crippen LogP contribution in [0, 0.1) is 5.82 Å². The fourth-order valence-electron chi connectivity index (χ4n) is 4.50. The summed E-state index contributed by atoms with van der Waals surface area (Å²) in [6.07, 6.45) is 1.67. The molecule has 210 valence electrons. The molecular formula is C30H33FN4O5. The Kier molecular flexibility index (Phi) is 8.88. The molecule has 0 aliphatic heterocycles. The van der Waals surface area contributed by atoms with Gasteiger partial charge in [-0.25, -0.2) is 4.39 Å². The number of hydrogen-bond donors (Lipinski definition) is 3. The largest absolute Gasteiger partial charge is 0.494 e. The highest BCUT2D eigenvalue weighted by Gasteiger charge is 2.47. The van der Waals surface area contributed by atoms with Gasteiger partial charge in [0.15, 0.2) is 29.0 Å². The molecule has 1 aliphatic rings. The number of methoxy groups -OCH3 is 3. The van der Waals surface area contributed by atoms with Crippen molar-refractivity contribution in [2.24, 2.45) is 10.7 Å². The highest BCUT2D eigenvalue weighted by molar-refractivity contribution is 5.96. The van der Waals surface area contributed by atoms with Gasteiger partial charge in [0.2, 0.25) is 5.91 Å². The van der Waals surface area contributed by atoms with Crippen LogP contribution in [0.25, 0.3) is 0 Å². The standard InChI is InChI=1S/C30H33FN4O5/c1-38-24-12-9-20(16-26(24)40-3)17-27(36)34-29(32)33-23(15-19-7-5-4-6-8-19)28(37)35-30(13-14-30)21-10-11-22(31)25(18-21)39-2/h4-12,16,18,23H,13-15,17H2,1-3H3,(H,35,37)(H3,32,33,34,36). The topological polar surface area (TPSA) is 124 Å². The molecule has 1 saturated carbocycles. The van der Waals surface area contributed by atoms with Gasteiger partial charge >= 0.3 is 0 Å². The molecule has 1 fully saturated rings. The highest BCUT2D eigenvalue weighted by atomic mass is 19.1. The predicted molar refractivity (Wildman–Crippen MR) is 149 cm³/mol. The number of carbonyl (C=O) groups is 2. The average Bonchev–Trinajstić information content (AvgIpc) is 3.73. The van der Waals surface area contributed by atoms with Crippen LogP contribution in [0.3, 0.4) is 0 Å². The maximum Gasteiger partial charge on any atom is 0.253 e. The molecule has 4 rings (SSSR count). The summed E-state index contributed by atoms with van der Waals surface area (Å²) in [5.74, 6) is -0.306. The number of nitrogens with two attached hydrogens (primary N) is 1. The second kappa shape index (κ2) is 12.5. The number of halogens is 1. The van der Waals surface area contributed by atoms with Crippen LogP contribution in [0.15, 0.2) is 71.7 Å². The lowest BCUT2D eigenvalue weighted by atomic mass is 10.0. The molecule has 9 nitrogen and oxygen atoms in total. The van der Waals surface area contributed by atoms with Gasteiger partial charge in [-0.2, -0.15) is 4.99 Å². The number of amides is 2. The molecule has 0 heterocycles. The zero-order valence-electron chi connectivity index (χ0n) is 22.7. The van der Waals surface area contributed by atoms with Crippen molar-refractivity contribution in [3.8, 4) is 17.2 Å². The Morgan fingerprint density at radius 2 is 1.62 bits per heavy atom. The Hall–Kier alpha value is -4.60. The van der Waals surface area contributed by atoms with Crippen molar-refractivity contribution in [3.63, 3.8) is 0 Å². The van der Waals surface area contributed by atoms with Gasteiger partial charge in [0.25, 0.3) is 5.91 Å². The van der Waals surface area contributed by atoms with Crippen molar-refractivity contribution in [1.82, 2.24) is 10.6 Å². The fraction of sp³-hybridized carbons (Fsp3) is 0.300. The summed E-state index contributed by atoms with van der Waals surface area (Å²) in [5.41, 5.74) is 7.79. The van der Waals surface area contributed by atoms with Gasteiger partial charge in [0.1, 0.15) is 6.04 Å². The maximum atomic E-state index is 14.0. The summed E-state index contributed by atoms with van der Waals surface area (Å²) in [7, 11) is 4.44. The molecule has 10 heteroatoms. The van der Waals surface area contributed by atoms with Crippen molar-refractivity contribution in [2.45, 2.75) is 37.3 Å². The summed E-state index contributed by atoms with van der Waals surface area (Å²) in [6.45, 7) is 0. The average molecular weight is 549 g/mol. The molecule has 0 aromatic heterocycles. The Labute approximate surface area is 232 Å². The molecule has 2 amide bonds. The monoisotopic (exact) mass is 548 g/mol. The van der Waals surface area contributed by atoms with E-state index < -0.39 is 23.3 Å². The van der Waals surface area contributed by atoms with E-state index in [0.717, 1.165) is 11.1 Å². The molecule has 1 aliphatic carbocycles.